The zero-order valence-electron chi connectivity index (χ0n) is 8.19. The number of hydrogen-bond acceptors (Lipinski definition) is 4. The Morgan fingerprint density at radius 2 is 2.23 bits per heavy atom. The molecule has 0 atom stereocenters. The van der Waals surface area contributed by atoms with Crippen molar-refractivity contribution in [2.24, 2.45) is 0 Å². The molecule has 0 aliphatic carbocycles. The second kappa shape index (κ2) is 2.61. The lowest BCUT2D eigenvalue weighted by Gasteiger charge is -2.39. The molecule has 0 saturated heterocycles. The van der Waals surface area contributed by atoms with E-state index >= 15 is 0 Å². The van der Waals surface area contributed by atoms with Crippen molar-refractivity contribution in [1.29, 1.82) is 0 Å². The van der Waals surface area contributed by atoms with E-state index in [1.165, 1.54) is 0 Å². The summed E-state index contributed by atoms with van der Waals surface area (Å²) in [4.78, 5) is 0. The summed E-state index contributed by atoms with van der Waals surface area (Å²) in [6.07, 6.45) is 1.68. The fraction of sp³-hybridized carbons (Fsp3) is 0.750. The molecule has 2 rings (SSSR count). The van der Waals surface area contributed by atoms with Crippen LogP contribution in [0.4, 0.5) is 0 Å². The number of nitrogens with zero attached hydrogens (tertiary/aromatic N) is 4. The Morgan fingerprint density at radius 1 is 1.46 bits per heavy atom. The molecule has 0 aromatic carbocycles. The first kappa shape index (κ1) is 8.34. The SMILES string of the molecule is CC(C)(C)N1CCOc2nncn21. The molecule has 0 bridgehead atoms. The predicted molar refractivity (Wildman–Crippen MR) is 48.4 cm³/mol. The van der Waals surface area contributed by atoms with Crippen molar-refractivity contribution >= 4 is 0 Å². The smallest absolute Gasteiger partial charge is 0.336 e. The second-order valence-electron chi connectivity index (χ2n) is 4.10. The van der Waals surface area contributed by atoms with Crippen molar-refractivity contribution in [1.82, 2.24) is 14.9 Å². The van der Waals surface area contributed by atoms with Crippen LogP contribution in [-0.4, -0.2) is 33.6 Å². The van der Waals surface area contributed by atoms with Crippen molar-refractivity contribution in [2.75, 3.05) is 18.2 Å². The van der Waals surface area contributed by atoms with E-state index in [0.29, 0.717) is 12.6 Å². The second-order valence-corrected chi connectivity index (χ2v) is 4.10. The summed E-state index contributed by atoms with van der Waals surface area (Å²) in [5.41, 5.74) is 0.0703. The average Bonchev–Trinajstić information content (AvgIpc) is 2.48. The molecule has 0 radical (unpaired) electrons. The minimum atomic E-state index is 0.0703. The lowest BCUT2D eigenvalue weighted by Crippen LogP contribution is -2.53. The maximum Gasteiger partial charge on any atom is 0.336 e. The van der Waals surface area contributed by atoms with Crippen molar-refractivity contribution in [3.63, 3.8) is 0 Å². The van der Waals surface area contributed by atoms with Crippen molar-refractivity contribution < 1.29 is 4.74 Å². The van der Waals surface area contributed by atoms with E-state index in [1.807, 2.05) is 4.68 Å². The molecule has 2 heterocycles. The van der Waals surface area contributed by atoms with Crippen LogP contribution in [0.15, 0.2) is 6.33 Å². The van der Waals surface area contributed by atoms with Gasteiger partial charge >= 0.3 is 6.01 Å². The van der Waals surface area contributed by atoms with E-state index in [0.717, 1.165) is 6.54 Å². The normalized spacial score (nSPS) is 16.7. The molecule has 72 valence electrons. The van der Waals surface area contributed by atoms with Crippen LogP contribution < -0.4 is 9.75 Å². The van der Waals surface area contributed by atoms with Gasteiger partial charge in [-0.25, -0.2) is 0 Å². The Hall–Kier alpha value is -1.26. The highest BCUT2D eigenvalue weighted by atomic mass is 16.5. The van der Waals surface area contributed by atoms with Crippen LogP contribution in [0.25, 0.3) is 0 Å². The maximum atomic E-state index is 5.34. The van der Waals surface area contributed by atoms with Gasteiger partial charge in [0, 0.05) is 5.54 Å². The van der Waals surface area contributed by atoms with Crippen LogP contribution in [0.1, 0.15) is 20.8 Å². The summed E-state index contributed by atoms with van der Waals surface area (Å²) in [6, 6.07) is 0.584. The van der Waals surface area contributed by atoms with Crippen molar-refractivity contribution in [3.8, 4) is 6.01 Å². The minimum Gasteiger partial charge on any atom is -0.460 e. The first-order valence-electron chi connectivity index (χ1n) is 4.40. The summed E-state index contributed by atoms with van der Waals surface area (Å²) in [5.74, 6) is 0. The predicted octanol–water partition coefficient (Wildman–Crippen LogP) is 0.407. The Bertz CT molecular complexity index is 301. The van der Waals surface area contributed by atoms with Gasteiger partial charge in [0.1, 0.15) is 12.9 Å². The Kier molecular flexibility index (Phi) is 1.68. The fourth-order valence-electron chi connectivity index (χ4n) is 1.47. The topological polar surface area (TPSA) is 43.2 Å². The molecule has 13 heavy (non-hydrogen) atoms. The number of hydrogen-bond donors (Lipinski definition) is 0. The Balaban J connectivity index is 2.35. The zero-order valence-corrected chi connectivity index (χ0v) is 8.19. The fourth-order valence-corrected chi connectivity index (χ4v) is 1.47. The molecule has 1 aliphatic rings. The van der Waals surface area contributed by atoms with Gasteiger partial charge in [0.15, 0.2) is 0 Å². The summed E-state index contributed by atoms with van der Waals surface area (Å²) in [6.45, 7) is 8.01. The number of fused-ring (bicyclic) bond motifs is 1. The number of rotatable bonds is 0. The van der Waals surface area contributed by atoms with Gasteiger partial charge in [0.05, 0.1) is 6.54 Å². The number of aromatic nitrogens is 3. The lowest BCUT2D eigenvalue weighted by atomic mass is 10.1. The van der Waals surface area contributed by atoms with Gasteiger partial charge in [0.25, 0.3) is 0 Å². The molecular weight excluding hydrogens is 168 g/mol. The van der Waals surface area contributed by atoms with E-state index in [-0.39, 0.29) is 5.54 Å². The van der Waals surface area contributed by atoms with Crippen LogP contribution >= 0.6 is 0 Å². The molecular formula is C8H14N4O. The van der Waals surface area contributed by atoms with E-state index in [4.69, 9.17) is 4.74 Å². The van der Waals surface area contributed by atoms with E-state index in [1.54, 1.807) is 6.33 Å². The summed E-state index contributed by atoms with van der Waals surface area (Å²) < 4.78 is 7.20. The average molecular weight is 182 g/mol. The van der Waals surface area contributed by atoms with Gasteiger partial charge in [-0.3, -0.25) is 5.01 Å². The van der Waals surface area contributed by atoms with Crippen LogP contribution in [0.3, 0.4) is 0 Å². The highest BCUT2D eigenvalue weighted by molar-refractivity contribution is 5.09. The van der Waals surface area contributed by atoms with Crippen LogP contribution in [0.5, 0.6) is 6.01 Å². The first-order chi connectivity index (χ1) is 6.09. The molecule has 1 aliphatic heterocycles. The molecule has 1 aromatic heterocycles. The molecule has 5 heteroatoms. The van der Waals surface area contributed by atoms with Gasteiger partial charge in [0.2, 0.25) is 0 Å². The number of ether oxygens (including phenoxy) is 1. The van der Waals surface area contributed by atoms with Gasteiger partial charge in [-0.15, -0.1) is 5.10 Å². The monoisotopic (exact) mass is 182 g/mol. The standard InChI is InChI=1S/C8H14N4O/c1-8(2,3)12-4-5-13-7-10-9-6-11(7)12/h6H,4-5H2,1-3H3. The first-order valence-corrected chi connectivity index (χ1v) is 4.40. The molecule has 0 fully saturated rings. The van der Waals surface area contributed by atoms with Crippen molar-refractivity contribution in [3.05, 3.63) is 6.33 Å². The van der Waals surface area contributed by atoms with Crippen LogP contribution in [0, 0.1) is 0 Å². The third-order valence-electron chi connectivity index (χ3n) is 2.07. The third kappa shape index (κ3) is 1.34. The molecule has 0 amide bonds. The molecule has 5 nitrogen and oxygen atoms in total. The maximum absolute atomic E-state index is 5.34. The Morgan fingerprint density at radius 3 is 2.92 bits per heavy atom. The van der Waals surface area contributed by atoms with Crippen LogP contribution in [0.2, 0.25) is 0 Å². The van der Waals surface area contributed by atoms with Gasteiger partial charge in [-0.2, -0.15) is 4.68 Å². The van der Waals surface area contributed by atoms with Gasteiger partial charge < -0.3 is 4.74 Å². The van der Waals surface area contributed by atoms with E-state index < -0.39 is 0 Å². The van der Waals surface area contributed by atoms with Gasteiger partial charge in [-0.1, -0.05) is 5.10 Å². The summed E-state index contributed by atoms with van der Waals surface area (Å²) >= 11 is 0. The van der Waals surface area contributed by atoms with E-state index in [2.05, 4.69) is 36.0 Å². The highest BCUT2D eigenvalue weighted by Crippen LogP contribution is 2.19. The molecule has 0 N–H and O–H groups in total. The lowest BCUT2D eigenvalue weighted by molar-refractivity contribution is 0.210. The molecule has 0 saturated carbocycles. The van der Waals surface area contributed by atoms with Crippen LogP contribution in [-0.2, 0) is 0 Å². The minimum absolute atomic E-state index is 0.0703. The van der Waals surface area contributed by atoms with E-state index in [9.17, 15) is 0 Å². The summed E-state index contributed by atoms with van der Waals surface area (Å²) in [7, 11) is 0. The molecule has 0 unspecified atom stereocenters. The van der Waals surface area contributed by atoms with Gasteiger partial charge in [-0.05, 0) is 20.8 Å². The highest BCUT2D eigenvalue weighted by Gasteiger charge is 2.27. The zero-order chi connectivity index (χ0) is 9.47. The third-order valence-corrected chi connectivity index (χ3v) is 2.07. The quantitative estimate of drug-likeness (QED) is 0.582. The Labute approximate surface area is 77.3 Å². The molecule has 1 aromatic rings. The largest absolute Gasteiger partial charge is 0.460 e. The summed E-state index contributed by atoms with van der Waals surface area (Å²) in [5, 5.41) is 9.87. The van der Waals surface area contributed by atoms with Crippen molar-refractivity contribution in [2.45, 2.75) is 26.3 Å². The molecule has 0 spiro atoms.